The Labute approximate surface area is 119 Å². The smallest absolute Gasteiger partial charge is 0.242 e. The lowest BCUT2D eigenvalue weighted by atomic mass is 9.97. The summed E-state index contributed by atoms with van der Waals surface area (Å²) in [4.78, 5) is 25.0. The van der Waals surface area contributed by atoms with Crippen LogP contribution in [0.15, 0.2) is 30.3 Å². The van der Waals surface area contributed by atoms with Gasteiger partial charge >= 0.3 is 0 Å². The van der Waals surface area contributed by atoms with Crippen molar-refractivity contribution in [1.29, 1.82) is 0 Å². The maximum Gasteiger partial charge on any atom is 0.242 e. The summed E-state index contributed by atoms with van der Waals surface area (Å²) in [6.07, 6.45) is 0. The molecule has 1 atom stereocenters. The molecule has 0 spiro atoms. The molecular weight excluding hydrogens is 256 g/mol. The van der Waals surface area contributed by atoms with Gasteiger partial charge in [-0.05, 0) is 19.4 Å². The van der Waals surface area contributed by atoms with Crippen molar-refractivity contribution in [1.82, 2.24) is 10.3 Å². The van der Waals surface area contributed by atoms with E-state index in [1.807, 2.05) is 49.1 Å². The first kappa shape index (κ1) is 16.1. The Morgan fingerprint density at radius 1 is 1.25 bits per heavy atom. The van der Waals surface area contributed by atoms with E-state index < -0.39 is 11.8 Å². The molecule has 0 saturated carbocycles. The van der Waals surface area contributed by atoms with Gasteiger partial charge in [-0.15, -0.1) is 0 Å². The topological polar surface area (TPSA) is 101 Å². The Morgan fingerprint density at radius 3 is 2.30 bits per heavy atom. The van der Waals surface area contributed by atoms with E-state index in [-0.39, 0.29) is 18.5 Å². The number of hydrogen-bond donors (Lipinski definition) is 3. The van der Waals surface area contributed by atoms with Crippen LogP contribution in [0.25, 0.3) is 0 Å². The molecule has 1 aromatic rings. The highest BCUT2D eigenvalue weighted by molar-refractivity contribution is 5.83. The van der Waals surface area contributed by atoms with Gasteiger partial charge in [0.05, 0.1) is 12.5 Å². The van der Waals surface area contributed by atoms with Crippen molar-refractivity contribution in [2.24, 2.45) is 11.6 Å². The number of rotatable bonds is 7. The Morgan fingerprint density at radius 2 is 1.85 bits per heavy atom. The molecule has 20 heavy (non-hydrogen) atoms. The summed E-state index contributed by atoms with van der Waals surface area (Å²) in [7, 11) is 0. The van der Waals surface area contributed by atoms with Crippen LogP contribution in [-0.4, -0.2) is 35.8 Å². The molecule has 0 aromatic heterocycles. The van der Waals surface area contributed by atoms with Gasteiger partial charge in [-0.25, -0.2) is 5.84 Å². The van der Waals surface area contributed by atoms with Crippen LogP contribution >= 0.6 is 0 Å². The first-order chi connectivity index (χ1) is 9.45. The molecule has 0 bridgehead atoms. The highest BCUT2D eigenvalue weighted by Crippen LogP contribution is 2.18. The summed E-state index contributed by atoms with van der Waals surface area (Å²) in [6.45, 7) is 4.39. The average molecular weight is 278 g/mol. The second-order valence-electron chi connectivity index (χ2n) is 4.96. The average Bonchev–Trinajstić information content (AvgIpc) is 2.42. The molecule has 0 heterocycles. The number of benzene rings is 1. The molecule has 6 heteroatoms. The molecule has 5 N–H and O–H groups in total. The molecule has 0 saturated heterocycles. The number of amides is 2. The Kier molecular flexibility index (Phi) is 6.14. The summed E-state index contributed by atoms with van der Waals surface area (Å²) in [5.74, 6) is 4.11. The molecular formula is C14H22N4O2. The van der Waals surface area contributed by atoms with Gasteiger partial charge in [0, 0.05) is 12.6 Å². The van der Waals surface area contributed by atoms with Crippen molar-refractivity contribution >= 4 is 11.8 Å². The van der Waals surface area contributed by atoms with Gasteiger partial charge in [0.25, 0.3) is 0 Å². The van der Waals surface area contributed by atoms with Gasteiger partial charge in [-0.1, -0.05) is 30.3 Å². The zero-order chi connectivity index (χ0) is 15.1. The normalized spacial score (nSPS) is 12.4. The van der Waals surface area contributed by atoms with Gasteiger partial charge in [0.15, 0.2) is 0 Å². The van der Waals surface area contributed by atoms with Crippen LogP contribution in [0.5, 0.6) is 0 Å². The van der Waals surface area contributed by atoms with E-state index in [0.717, 1.165) is 5.56 Å². The third-order valence-electron chi connectivity index (χ3n) is 3.17. The first-order valence-corrected chi connectivity index (χ1v) is 6.53. The van der Waals surface area contributed by atoms with Crippen molar-refractivity contribution in [3.05, 3.63) is 35.9 Å². The first-order valence-electron chi connectivity index (χ1n) is 6.53. The predicted octanol–water partition coefficient (Wildman–Crippen LogP) is -0.0442. The molecule has 0 fully saturated rings. The van der Waals surface area contributed by atoms with Crippen LogP contribution < -0.4 is 17.0 Å². The van der Waals surface area contributed by atoms with E-state index in [2.05, 4.69) is 5.43 Å². The molecule has 6 nitrogen and oxygen atoms in total. The van der Waals surface area contributed by atoms with Crippen molar-refractivity contribution < 1.29 is 9.59 Å². The number of carbonyl (C=O) groups excluding carboxylic acids is 2. The van der Waals surface area contributed by atoms with E-state index in [4.69, 9.17) is 11.6 Å². The number of carbonyl (C=O) groups is 2. The van der Waals surface area contributed by atoms with Crippen LogP contribution in [0.1, 0.15) is 25.3 Å². The van der Waals surface area contributed by atoms with Crippen LogP contribution in [0, 0.1) is 0 Å². The molecule has 2 amide bonds. The summed E-state index contributed by atoms with van der Waals surface area (Å²) in [6, 6.07) is 9.43. The third-order valence-corrected chi connectivity index (χ3v) is 3.17. The molecule has 0 aliphatic heterocycles. The summed E-state index contributed by atoms with van der Waals surface area (Å²) >= 11 is 0. The minimum atomic E-state index is -0.442. The Bertz CT molecular complexity index is 448. The monoisotopic (exact) mass is 278 g/mol. The largest absolute Gasteiger partial charge is 0.369 e. The van der Waals surface area contributed by atoms with E-state index in [0.29, 0.717) is 6.54 Å². The molecule has 0 radical (unpaired) electrons. The second-order valence-corrected chi connectivity index (χ2v) is 4.96. The molecule has 1 unspecified atom stereocenters. The number of nitrogens with two attached hydrogens (primary N) is 2. The van der Waals surface area contributed by atoms with Crippen LogP contribution in [0.2, 0.25) is 0 Å². The number of primary amides is 1. The van der Waals surface area contributed by atoms with Gasteiger partial charge in [0.1, 0.15) is 0 Å². The van der Waals surface area contributed by atoms with Gasteiger partial charge < -0.3 is 5.73 Å². The van der Waals surface area contributed by atoms with Crippen molar-refractivity contribution in [2.45, 2.75) is 25.8 Å². The number of hydrogen-bond acceptors (Lipinski definition) is 4. The summed E-state index contributed by atoms with van der Waals surface area (Å²) < 4.78 is 0. The number of nitrogens with one attached hydrogen (secondary N) is 1. The SMILES string of the molecule is CC(C)N(CC(N)=O)CC(C(=O)NN)c1ccccc1. The fraction of sp³-hybridized carbons (Fsp3) is 0.429. The third kappa shape index (κ3) is 4.64. The quantitative estimate of drug-likeness (QED) is 0.370. The lowest BCUT2D eigenvalue weighted by Crippen LogP contribution is -2.45. The molecule has 0 aliphatic rings. The number of nitrogens with zero attached hydrogens (tertiary/aromatic N) is 1. The fourth-order valence-electron chi connectivity index (χ4n) is 2.02. The van der Waals surface area contributed by atoms with E-state index in [1.54, 1.807) is 0 Å². The van der Waals surface area contributed by atoms with Crippen LogP contribution in [0.4, 0.5) is 0 Å². The summed E-state index contributed by atoms with van der Waals surface area (Å²) in [5, 5.41) is 0. The standard InChI is InChI=1S/C14H22N4O2/c1-10(2)18(9-13(15)19)8-12(14(20)17-16)11-6-4-3-5-7-11/h3-7,10,12H,8-9,16H2,1-2H3,(H2,15,19)(H,17,20). The fourth-order valence-corrected chi connectivity index (χ4v) is 2.02. The van der Waals surface area contributed by atoms with Gasteiger partial charge in [-0.2, -0.15) is 0 Å². The zero-order valence-corrected chi connectivity index (χ0v) is 11.9. The predicted molar refractivity (Wildman–Crippen MR) is 77.4 cm³/mol. The minimum Gasteiger partial charge on any atom is -0.369 e. The van der Waals surface area contributed by atoms with Crippen molar-refractivity contribution in [3.8, 4) is 0 Å². The molecule has 110 valence electrons. The maximum atomic E-state index is 12.0. The van der Waals surface area contributed by atoms with Crippen molar-refractivity contribution in [2.75, 3.05) is 13.1 Å². The van der Waals surface area contributed by atoms with Crippen LogP contribution in [-0.2, 0) is 9.59 Å². The van der Waals surface area contributed by atoms with E-state index in [9.17, 15) is 9.59 Å². The second kappa shape index (κ2) is 7.62. The molecule has 1 rings (SSSR count). The minimum absolute atomic E-state index is 0.0966. The highest BCUT2D eigenvalue weighted by atomic mass is 16.2. The number of hydrazine groups is 1. The summed E-state index contributed by atoms with van der Waals surface area (Å²) in [5.41, 5.74) is 8.28. The van der Waals surface area contributed by atoms with Gasteiger partial charge in [-0.3, -0.25) is 19.9 Å². The Balaban J connectivity index is 2.94. The lowest BCUT2D eigenvalue weighted by Gasteiger charge is -2.29. The van der Waals surface area contributed by atoms with Gasteiger partial charge in [0.2, 0.25) is 11.8 Å². The maximum absolute atomic E-state index is 12.0. The Hall–Kier alpha value is -1.92. The molecule has 0 aliphatic carbocycles. The molecule has 1 aromatic carbocycles. The van der Waals surface area contributed by atoms with E-state index in [1.165, 1.54) is 0 Å². The van der Waals surface area contributed by atoms with E-state index >= 15 is 0 Å². The van der Waals surface area contributed by atoms with Crippen molar-refractivity contribution in [3.63, 3.8) is 0 Å². The zero-order valence-electron chi connectivity index (χ0n) is 11.9. The highest BCUT2D eigenvalue weighted by Gasteiger charge is 2.24. The van der Waals surface area contributed by atoms with Crippen LogP contribution in [0.3, 0.4) is 0 Å². The lowest BCUT2D eigenvalue weighted by molar-refractivity contribution is -0.124.